The van der Waals surface area contributed by atoms with Crippen LogP contribution in [0.25, 0.3) is 0 Å². The van der Waals surface area contributed by atoms with E-state index in [4.69, 9.17) is 4.74 Å². The van der Waals surface area contributed by atoms with Crippen molar-refractivity contribution in [3.63, 3.8) is 0 Å². The molecule has 0 fully saturated rings. The molecular formula is C16H20N2O2S. The highest BCUT2D eigenvalue weighted by atomic mass is 32.1. The smallest absolute Gasteiger partial charge is 0.358 e. The number of hydrogen-bond donors (Lipinski definition) is 1. The third-order valence-corrected chi connectivity index (χ3v) is 3.98. The number of carbonyl (C=O) groups excluding carboxylic acids is 1. The minimum atomic E-state index is -0.364. The molecule has 1 aromatic carbocycles. The van der Waals surface area contributed by atoms with E-state index in [0.717, 1.165) is 10.6 Å². The zero-order valence-electron chi connectivity index (χ0n) is 12.8. The molecule has 0 aliphatic heterocycles. The lowest BCUT2D eigenvalue weighted by atomic mass is 10.0. The lowest BCUT2D eigenvalue weighted by molar-refractivity contribution is 0.0519. The summed E-state index contributed by atoms with van der Waals surface area (Å²) in [5, 5.41) is 4.02. The Bertz CT molecular complexity index is 635. The molecular weight excluding hydrogens is 284 g/mol. The summed E-state index contributed by atoms with van der Waals surface area (Å²) in [6.07, 6.45) is 0. The number of thiazole rings is 1. The first-order valence-corrected chi connectivity index (χ1v) is 7.85. The molecule has 0 aliphatic carbocycles. The molecule has 0 aliphatic rings. The van der Waals surface area contributed by atoms with Crippen molar-refractivity contribution in [2.75, 3.05) is 11.9 Å². The van der Waals surface area contributed by atoms with E-state index in [2.05, 4.69) is 30.2 Å². The fraction of sp³-hybridized carbons (Fsp3) is 0.375. The molecule has 4 nitrogen and oxygen atoms in total. The van der Waals surface area contributed by atoms with Gasteiger partial charge in [-0.3, -0.25) is 0 Å². The predicted molar refractivity (Wildman–Crippen MR) is 86.6 cm³/mol. The van der Waals surface area contributed by atoms with Gasteiger partial charge in [-0.1, -0.05) is 32.0 Å². The fourth-order valence-electron chi connectivity index (χ4n) is 2.07. The number of rotatable bonds is 5. The van der Waals surface area contributed by atoms with Gasteiger partial charge in [0.1, 0.15) is 0 Å². The molecule has 1 heterocycles. The van der Waals surface area contributed by atoms with E-state index in [1.165, 1.54) is 16.9 Å². The molecule has 21 heavy (non-hydrogen) atoms. The van der Waals surface area contributed by atoms with E-state index >= 15 is 0 Å². The van der Waals surface area contributed by atoms with Crippen molar-refractivity contribution in [3.05, 3.63) is 40.4 Å². The van der Waals surface area contributed by atoms with Gasteiger partial charge in [-0.05, 0) is 31.4 Å². The van der Waals surface area contributed by atoms with E-state index in [9.17, 15) is 4.79 Å². The summed E-state index contributed by atoms with van der Waals surface area (Å²) in [5.74, 6) is 0.0516. The van der Waals surface area contributed by atoms with Gasteiger partial charge in [0.2, 0.25) is 0 Å². The highest BCUT2D eigenvalue weighted by Crippen LogP contribution is 2.30. The zero-order valence-corrected chi connectivity index (χ0v) is 13.6. The van der Waals surface area contributed by atoms with Crippen LogP contribution in [0.15, 0.2) is 24.3 Å². The van der Waals surface area contributed by atoms with Crippen LogP contribution in [0.5, 0.6) is 0 Å². The summed E-state index contributed by atoms with van der Waals surface area (Å²) in [4.78, 5) is 17.0. The molecule has 0 radical (unpaired) electrons. The van der Waals surface area contributed by atoms with Gasteiger partial charge in [-0.15, -0.1) is 11.3 Å². The number of nitrogens with one attached hydrogen (secondary N) is 1. The van der Waals surface area contributed by atoms with Crippen molar-refractivity contribution in [1.82, 2.24) is 4.98 Å². The first-order valence-electron chi connectivity index (χ1n) is 7.03. The van der Waals surface area contributed by atoms with Crippen molar-refractivity contribution in [2.24, 2.45) is 0 Å². The molecule has 1 N–H and O–H groups in total. The second kappa shape index (κ2) is 6.72. The fourth-order valence-corrected chi connectivity index (χ4v) is 2.88. The van der Waals surface area contributed by atoms with Crippen molar-refractivity contribution in [2.45, 2.75) is 33.6 Å². The molecule has 1 aromatic heterocycles. The van der Waals surface area contributed by atoms with Gasteiger partial charge in [0.05, 0.1) is 6.61 Å². The van der Waals surface area contributed by atoms with Crippen LogP contribution in [0, 0.1) is 6.92 Å². The van der Waals surface area contributed by atoms with Gasteiger partial charge >= 0.3 is 5.97 Å². The Hall–Kier alpha value is -1.88. The molecule has 0 atom stereocenters. The van der Waals surface area contributed by atoms with Crippen LogP contribution >= 0.6 is 11.3 Å². The lowest BCUT2D eigenvalue weighted by Gasteiger charge is -2.12. The first-order chi connectivity index (χ1) is 10.0. The second-order valence-electron chi connectivity index (χ2n) is 5.01. The maximum absolute atomic E-state index is 11.8. The topological polar surface area (TPSA) is 51.2 Å². The van der Waals surface area contributed by atoms with E-state index in [1.807, 2.05) is 25.1 Å². The SMILES string of the molecule is CCOC(=O)c1nc(Nc2ccccc2C(C)C)sc1C. The largest absolute Gasteiger partial charge is 0.461 e. The first kappa shape index (κ1) is 15.5. The number of aromatic nitrogens is 1. The standard InChI is InChI=1S/C16H20N2O2S/c1-5-20-15(19)14-11(4)21-16(18-14)17-13-9-7-6-8-12(13)10(2)3/h6-10H,5H2,1-4H3,(H,17,18). The summed E-state index contributed by atoms with van der Waals surface area (Å²) in [6, 6.07) is 8.13. The highest BCUT2D eigenvalue weighted by molar-refractivity contribution is 7.15. The molecule has 5 heteroatoms. The number of nitrogens with zero attached hydrogens (tertiary/aromatic N) is 1. The Balaban J connectivity index is 2.25. The summed E-state index contributed by atoms with van der Waals surface area (Å²) >= 11 is 1.46. The average Bonchev–Trinajstić information content (AvgIpc) is 2.80. The van der Waals surface area contributed by atoms with Crippen LogP contribution in [-0.2, 0) is 4.74 Å². The van der Waals surface area contributed by atoms with Crippen molar-refractivity contribution in [1.29, 1.82) is 0 Å². The van der Waals surface area contributed by atoms with Gasteiger partial charge < -0.3 is 10.1 Å². The van der Waals surface area contributed by atoms with Crippen LogP contribution < -0.4 is 5.32 Å². The maximum atomic E-state index is 11.8. The number of esters is 1. The minimum Gasteiger partial charge on any atom is -0.461 e. The Morgan fingerprint density at radius 3 is 2.76 bits per heavy atom. The molecule has 112 valence electrons. The van der Waals surface area contributed by atoms with Crippen molar-refractivity contribution in [3.8, 4) is 0 Å². The Labute approximate surface area is 129 Å². The number of carbonyl (C=O) groups is 1. The van der Waals surface area contributed by atoms with E-state index < -0.39 is 0 Å². The third-order valence-electron chi connectivity index (χ3n) is 3.09. The zero-order chi connectivity index (χ0) is 15.4. The van der Waals surface area contributed by atoms with Crippen LogP contribution in [0.4, 0.5) is 10.8 Å². The summed E-state index contributed by atoms with van der Waals surface area (Å²) in [5.41, 5.74) is 2.64. The van der Waals surface area contributed by atoms with Gasteiger partial charge in [0, 0.05) is 10.6 Å². The van der Waals surface area contributed by atoms with Crippen molar-refractivity contribution >= 4 is 28.1 Å². The Kier molecular flexibility index (Phi) is 4.96. The van der Waals surface area contributed by atoms with E-state index in [1.54, 1.807) is 6.92 Å². The Morgan fingerprint density at radius 2 is 2.10 bits per heavy atom. The molecule has 0 bridgehead atoms. The molecule has 0 amide bonds. The number of benzene rings is 1. The van der Waals surface area contributed by atoms with Crippen LogP contribution in [0.3, 0.4) is 0 Å². The molecule has 0 saturated heterocycles. The number of ether oxygens (including phenoxy) is 1. The molecule has 0 spiro atoms. The van der Waals surface area contributed by atoms with Crippen LogP contribution in [0.2, 0.25) is 0 Å². The minimum absolute atomic E-state index is 0.356. The lowest BCUT2D eigenvalue weighted by Crippen LogP contribution is -2.06. The third kappa shape index (κ3) is 3.61. The van der Waals surface area contributed by atoms with Gasteiger partial charge in [-0.2, -0.15) is 0 Å². The van der Waals surface area contributed by atoms with Crippen molar-refractivity contribution < 1.29 is 9.53 Å². The average molecular weight is 304 g/mol. The number of para-hydroxylation sites is 1. The van der Waals surface area contributed by atoms with Gasteiger partial charge in [0.25, 0.3) is 0 Å². The monoisotopic (exact) mass is 304 g/mol. The number of anilines is 2. The maximum Gasteiger partial charge on any atom is 0.358 e. The van der Waals surface area contributed by atoms with Gasteiger partial charge in [0.15, 0.2) is 10.8 Å². The summed E-state index contributed by atoms with van der Waals surface area (Å²) in [6.45, 7) is 8.32. The molecule has 2 rings (SSSR count). The van der Waals surface area contributed by atoms with Gasteiger partial charge in [-0.25, -0.2) is 9.78 Å². The van der Waals surface area contributed by atoms with Crippen LogP contribution in [0.1, 0.15) is 47.6 Å². The quantitative estimate of drug-likeness (QED) is 0.827. The number of aryl methyl sites for hydroxylation is 1. The van der Waals surface area contributed by atoms with E-state index in [-0.39, 0.29) is 5.97 Å². The van der Waals surface area contributed by atoms with Crippen LogP contribution in [-0.4, -0.2) is 17.6 Å². The number of hydrogen-bond acceptors (Lipinski definition) is 5. The molecule has 0 unspecified atom stereocenters. The van der Waals surface area contributed by atoms with E-state index in [0.29, 0.717) is 23.4 Å². The Morgan fingerprint density at radius 1 is 1.38 bits per heavy atom. The molecule has 2 aromatic rings. The highest BCUT2D eigenvalue weighted by Gasteiger charge is 2.17. The normalized spacial score (nSPS) is 10.7. The second-order valence-corrected chi connectivity index (χ2v) is 6.21. The molecule has 0 saturated carbocycles. The summed E-state index contributed by atoms with van der Waals surface area (Å²) < 4.78 is 5.01. The summed E-state index contributed by atoms with van der Waals surface area (Å²) in [7, 11) is 0. The predicted octanol–water partition coefficient (Wildman–Crippen LogP) is 4.50.